The lowest BCUT2D eigenvalue weighted by atomic mass is 10.1. The van der Waals surface area contributed by atoms with Gasteiger partial charge in [0.25, 0.3) is 5.91 Å². The van der Waals surface area contributed by atoms with Crippen LogP contribution >= 0.6 is 0 Å². The largest absolute Gasteiger partial charge is 0.376 e. The summed E-state index contributed by atoms with van der Waals surface area (Å²) in [5.41, 5.74) is 6.59. The number of fused-ring (bicyclic) bond motifs is 1. The first-order valence-electron chi connectivity index (χ1n) is 8.81. The average molecular weight is 345 g/mol. The zero-order valence-electron chi connectivity index (χ0n) is 15.1. The highest BCUT2D eigenvalue weighted by Gasteiger charge is 2.03. The number of nitrogens with one attached hydrogen (secondary N) is 2. The van der Waals surface area contributed by atoms with E-state index >= 15 is 0 Å². The fourth-order valence-electron chi connectivity index (χ4n) is 2.71. The van der Waals surface area contributed by atoms with Crippen LogP contribution in [0.1, 0.15) is 25.0 Å². The van der Waals surface area contributed by atoms with Crippen molar-refractivity contribution in [2.75, 3.05) is 11.9 Å². The van der Waals surface area contributed by atoms with Gasteiger partial charge in [-0.3, -0.25) is 4.79 Å². The third kappa shape index (κ3) is 4.48. The lowest BCUT2D eigenvalue weighted by Gasteiger charge is -2.07. The standard InChI is InChI=1S/C22H23N3O/c1-3-17-8-10-18(11-9-17)16(2)24-25-22(26)15-23-21-13-12-19-6-4-5-7-20(19)14-21/h4-14,23H,3,15H2,1-2H3,(H,25,26)/b24-16-. The molecule has 0 saturated heterocycles. The lowest BCUT2D eigenvalue weighted by molar-refractivity contribution is -0.119. The molecule has 4 heteroatoms. The van der Waals surface area contributed by atoms with Gasteiger partial charge < -0.3 is 5.32 Å². The van der Waals surface area contributed by atoms with Crippen LogP contribution in [0.3, 0.4) is 0 Å². The molecular weight excluding hydrogens is 322 g/mol. The molecule has 26 heavy (non-hydrogen) atoms. The molecule has 3 aromatic carbocycles. The van der Waals surface area contributed by atoms with E-state index < -0.39 is 0 Å². The van der Waals surface area contributed by atoms with E-state index in [4.69, 9.17) is 0 Å². The summed E-state index contributed by atoms with van der Waals surface area (Å²) in [5, 5.41) is 9.64. The summed E-state index contributed by atoms with van der Waals surface area (Å²) in [6.45, 7) is 4.18. The van der Waals surface area contributed by atoms with Crippen molar-refractivity contribution in [3.8, 4) is 0 Å². The zero-order valence-corrected chi connectivity index (χ0v) is 15.1. The molecule has 132 valence electrons. The Morgan fingerprint density at radius 2 is 1.69 bits per heavy atom. The topological polar surface area (TPSA) is 53.5 Å². The Morgan fingerprint density at radius 3 is 2.42 bits per heavy atom. The minimum Gasteiger partial charge on any atom is -0.376 e. The number of anilines is 1. The quantitative estimate of drug-likeness (QED) is 0.515. The van der Waals surface area contributed by atoms with Crippen molar-refractivity contribution in [3.63, 3.8) is 0 Å². The number of hydrogen-bond donors (Lipinski definition) is 2. The molecule has 0 aromatic heterocycles. The van der Waals surface area contributed by atoms with Crippen molar-refractivity contribution in [3.05, 3.63) is 77.9 Å². The number of hydrogen-bond acceptors (Lipinski definition) is 3. The molecule has 0 saturated carbocycles. The van der Waals surface area contributed by atoms with Crippen molar-refractivity contribution in [2.24, 2.45) is 5.10 Å². The zero-order chi connectivity index (χ0) is 18.4. The summed E-state index contributed by atoms with van der Waals surface area (Å²) in [4.78, 5) is 12.0. The highest BCUT2D eigenvalue weighted by atomic mass is 16.2. The first kappa shape index (κ1) is 17.7. The maximum Gasteiger partial charge on any atom is 0.259 e. The molecule has 0 atom stereocenters. The van der Waals surface area contributed by atoms with Crippen molar-refractivity contribution < 1.29 is 4.79 Å². The summed E-state index contributed by atoms with van der Waals surface area (Å²) in [7, 11) is 0. The Balaban J connectivity index is 1.55. The maximum atomic E-state index is 12.0. The molecule has 0 aliphatic carbocycles. The summed E-state index contributed by atoms with van der Waals surface area (Å²) in [6.07, 6.45) is 1.01. The number of amides is 1. The second-order valence-electron chi connectivity index (χ2n) is 6.20. The fraction of sp³-hybridized carbons (Fsp3) is 0.182. The first-order valence-corrected chi connectivity index (χ1v) is 8.81. The van der Waals surface area contributed by atoms with Gasteiger partial charge in [-0.15, -0.1) is 0 Å². The molecule has 0 radical (unpaired) electrons. The van der Waals surface area contributed by atoms with Gasteiger partial charge >= 0.3 is 0 Å². The van der Waals surface area contributed by atoms with E-state index in [0.29, 0.717) is 0 Å². The van der Waals surface area contributed by atoms with Gasteiger partial charge in [0.15, 0.2) is 0 Å². The van der Waals surface area contributed by atoms with Crippen LogP contribution in [0.2, 0.25) is 0 Å². The van der Waals surface area contributed by atoms with Crippen molar-refractivity contribution >= 4 is 28.1 Å². The minimum atomic E-state index is -0.178. The predicted octanol–water partition coefficient (Wildman–Crippen LogP) is 4.35. The van der Waals surface area contributed by atoms with E-state index in [1.807, 2.05) is 49.4 Å². The number of nitrogens with zero attached hydrogens (tertiary/aromatic N) is 1. The highest BCUT2D eigenvalue weighted by Crippen LogP contribution is 2.18. The van der Waals surface area contributed by atoms with E-state index in [9.17, 15) is 4.79 Å². The van der Waals surface area contributed by atoms with E-state index in [2.05, 4.69) is 47.0 Å². The summed E-state index contributed by atoms with van der Waals surface area (Å²) < 4.78 is 0. The van der Waals surface area contributed by atoms with Crippen molar-refractivity contribution in [2.45, 2.75) is 20.3 Å². The van der Waals surface area contributed by atoms with Crippen LogP contribution in [0.4, 0.5) is 5.69 Å². The number of rotatable bonds is 6. The van der Waals surface area contributed by atoms with E-state index in [1.165, 1.54) is 10.9 Å². The molecule has 0 bridgehead atoms. The Bertz CT molecular complexity index is 930. The molecule has 0 aliphatic heterocycles. The number of carbonyl (C=O) groups is 1. The summed E-state index contributed by atoms with van der Waals surface area (Å²) >= 11 is 0. The van der Waals surface area contributed by atoms with Gasteiger partial charge in [-0.1, -0.05) is 61.5 Å². The number of hydrazone groups is 1. The molecule has 0 heterocycles. The second-order valence-corrected chi connectivity index (χ2v) is 6.20. The molecule has 0 spiro atoms. The Labute approximate surface area is 153 Å². The van der Waals surface area contributed by atoms with Gasteiger partial charge in [0.2, 0.25) is 0 Å². The van der Waals surface area contributed by atoms with Crippen molar-refractivity contribution in [1.29, 1.82) is 0 Å². The van der Waals surface area contributed by atoms with E-state index in [0.717, 1.165) is 28.8 Å². The van der Waals surface area contributed by atoms with Gasteiger partial charge in [-0.05, 0) is 47.4 Å². The fourth-order valence-corrected chi connectivity index (χ4v) is 2.71. The van der Waals surface area contributed by atoms with Gasteiger partial charge in [-0.2, -0.15) is 5.10 Å². The minimum absolute atomic E-state index is 0.171. The number of benzene rings is 3. The average Bonchev–Trinajstić information content (AvgIpc) is 2.70. The van der Waals surface area contributed by atoms with Crippen LogP contribution in [0.25, 0.3) is 10.8 Å². The molecule has 0 fully saturated rings. The first-order chi connectivity index (χ1) is 12.7. The number of carbonyl (C=O) groups excluding carboxylic acids is 1. The Kier molecular flexibility index (Phi) is 5.64. The summed E-state index contributed by atoms with van der Waals surface area (Å²) in [5.74, 6) is -0.178. The molecule has 2 N–H and O–H groups in total. The molecule has 3 rings (SSSR count). The second kappa shape index (κ2) is 8.30. The van der Waals surface area contributed by atoms with Crippen molar-refractivity contribution in [1.82, 2.24) is 5.43 Å². The van der Waals surface area contributed by atoms with Crippen LogP contribution in [0, 0.1) is 0 Å². The third-order valence-electron chi connectivity index (χ3n) is 4.33. The Hall–Kier alpha value is -3.14. The summed E-state index contributed by atoms with van der Waals surface area (Å²) in [6, 6.07) is 22.4. The molecule has 0 aliphatic rings. The third-order valence-corrected chi connectivity index (χ3v) is 4.33. The van der Waals surface area contributed by atoms with Crippen LogP contribution in [0.5, 0.6) is 0 Å². The predicted molar refractivity (Wildman–Crippen MR) is 109 cm³/mol. The molecule has 0 unspecified atom stereocenters. The maximum absolute atomic E-state index is 12.0. The van der Waals surface area contributed by atoms with Crippen LogP contribution in [-0.2, 0) is 11.2 Å². The molecule has 4 nitrogen and oxygen atoms in total. The normalized spacial score (nSPS) is 11.4. The molecule has 1 amide bonds. The lowest BCUT2D eigenvalue weighted by Crippen LogP contribution is -2.26. The number of aryl methyl sites for hydroxylation is 1. The highest BCUT2D eigenvalue weighted by molar-refractivity contribution is 5.99. The van der Waals surface area contributed by atoms with Crippen LogP contribution in [0.15, 0.2) is 71.8 Å². The van der Waals surface area contributed by atoms with E-state index in [-0.39, 0.29) is 12.5 Å². The SMILES string of the molecule is CCc1ccc(/C(C)=N\NC(=O)CNc2ccc3ccccc3c2)cc1. The monoisotopic (exact) mass is 345 g/mol. The molecular formula is C22H23N3O. The van der Waals surface area contributed by atoms with Crippen LogP contribution in [-0.4, -0.2) is 18.2 Å². The van der Waals surface area contributed by atoms with Gasteiger partial charge in [0.1, 0.15) is 0 Å². The van der Waals surface area contributed by atoms with E-state index in [1.54, 1.807) is 0 Å². The smallest absolute Gasteiger partial charge is 0.259 e. The van der Waals surface area contributed by atoms with Gasteiger partial charge in [0.05, 0.1) is 12.3 Å². The van der Waals surface area contributed by atoms with Gasteiger partial charge in [-0.25, -0.2) is 5.43 Å². The Morgan fingerprint density at radius 1 is 0.962 bits per heavy atom. The molecule has 3 aromatic rings. The van der Waals surface area contributed by atoms with Gasteiger partial charge in [0, 0.05) is 5.69 Å². The van der Waals surface area contributed by atoms with Crippen LogP contribution < -0.4 is 10.7 Å².